The van der Waals surface area contributed by atoms with Gasteiger partial charge in [0, 0.05) is 6.04 Å². The number of anilines is 2. The molecule has 0 atom stereocenters. The summed E-state index contributed by atoms with van der Waals surface area (Å²) in [4.78, 5) is 10.8. The SMILES string of the molecule is CC(C)Nc1cccc(C(=O)O)c1N. The number of nitrogens with two attached hydrogens (primary N) is 1. The van der Waals surface area contributed by atoms with E-state index in [0.717, 1.165) is 0 Å². The number of carboxylic acid groups (broad SMARTS) is 1. The van der Waals surface area contributed by atoms with Crippen LogP contribution in [0.5, 0.6) is 0 Å². The van der Waals surface area contributed by atoms with Crippen molar-refractivity contribution in [1.29, 1.82) is 0 Å². The molecule has 4 nitrogen and oxygen atoms in total. The molecule has 4 heteroatoms. The topological polar surface area (TPSA) is 75.3 Å². The Morgan fingerprint density at radius 2 is 2.14 bits per heavy atom. The fourth-order valence-electron chi connectivity index (χ4n) is 1.19. The fraction of sp³-hybridized carbons (Fsp3) is 0.300. The van der Waals surface area contributed by atoms with Crippen LogP contribution in [0.15, 0.2) is 18.2 Å². The third-order valence-corrected chi connectivity index (χ3v) is 1.78. The summed E-state index contributed by atoms with van der Waals surface area (Å²) < 4.78 is 0. The zero-order valence-electron chi connectivity index (χ0n) is 8.24. The Kier molecular flexibility index (Phi) is 2.96. The number of rotatable bonds is 3. The minimum atomic E-state index is -1.00. The summed E-state index contributed by atoms with van der Waals surface area (Å²) in [7, 11) is 0. The maximum absolute atomic E-state index is 10.8. The normalized spacial score (nSPS) is 10.2. The summed E-state index contributed by atoms with van der Waals surface area (Å²) in [5.41, 5.74) is 6.78. The molecule has 0 aliphatic rings. The summed E-state index contributed by atoms with van der Waals surface area (Å²) in [6.07, 6.45) is 0. The van der Waals surface area contributed by atoms with Crippen LogP contribution < -0.4 is 11.1 Å². The van der Waals surface area contributed by atoms with Gasteiger partial charge in [-0.2, -0.15) is 0 Å². The first-order chi connectivity index (χ1) is 6.52. The number of nitrogens with one attached hydrogen (secondary N) is 1. The molecule has 1 aromatic carbocycles. The average Bonchev–Trinajstić information content (AvgIpc) is 2.07. The fourth-order valence-corrected chi connectivity index (χ4v) is 1.19. The molecule has 0 unspecified atom stereocenters. The second-order valence-electron chi connectivity index (χ2n) is 3.37. The van der Waals surface area contributed by atoms with Crippen LogP contribution in [0.3, 0.4) is 0 Å². The largest absolute Gasteiger partial charge is 0.478 e. The second kappa shape index (κ2) is 4.00. The quantitative estimate of drug-likeness (QED) is 0.641. The van der Waals surface area contributed by atoms with E-state index in [4.69, 9.17) is 10.8 Å². The molecule has 0 fully saturated rings. The van der Waals surface area contributed by atoms with Crippen LogP contribution in [0.2, 0.25) is 0 Å². The van der Waals surface area contributed by atoms with Crippen LogP contribution in [0.4, 0.5) is 11.4 Å². The number of aromatic carboxylic acids is 1. The van der Waals surface area contributed by atoms with Crippen molar-refractivity contribution in [2.45, 2.75) is 19.9 Å². The lowest BCUT2D eigenvalue weighted by Gasteiger charge is -2.13. The lowest BCUT2D eigenvalue weighted by atomic mass is 10.1. The molecule has 0 saturated heterocycles. The van der Waals surface area contributed by atoms with Crippen LogP contribution in [-0.2, 0) is 0 Å². The van der Waals surface area contributed by atoms with Crippen LogP contribution in [-0.4, -0.2) is 17.1 Å². The summed E-state index contributed by atoms with van der Waals surface area (Å²) in [6.45, 7) is 3.93. The second-order valence-corrected chi connectivity index (χ2v) is 3.37. The van der Waals surface area contributed by atoms with Gasteiger partial charge in [0.05, 0.1) is 16.9 Å². The minimum absolute atomic E-state index is 0.135. The third-order valence-electron chi connectivity index (χ3n) is 1.78. The summed E-state index contributed by atoms with van der Waals surface area (Å²) in [5, 5.41) is 11.9. The molecule has 76 valence electrons. The number of benzene rings is 1. The zero-order valence-corrected chi connectivity index (χ0v) is 8.24. The molecule has 0 aliphatic heterocycles. The van der Waals surface area contributed by atoms with Crippen molar-refractivity contribution in [3.05, 3.63) is 23.8 Å². The maximum atomic E-state index is 10.8. The Morgan fingerprint density at radius 1 is 1.50 bits per heavy atom. The Hall–Kier alpha value is -1.71. The Balaban J connectivity index is 3.07. The first-order valence-electron chi connectivity index (χ1n) is 4.40. The lowest BCUT2D eigenvalue weighted by molar-refractivity contribution is 0.0698. The monoisotopic (exact) mass is 194 g/mol. The van der Waals surface area contributed by atoms with Gasteiger partial charge in [0.15, 0.2) is 0 Å². The highest BCUT2D eigenvalue weighted by molar-refractivity contribution is 5.97. The molecule has 0 bridgehead atoms. The summed E-state index contributed by atoms with van der Waals surface area (Å²) >= 11 is 0. The van der Waals surface area contributed by atoms with Crippen molar-refractivity contribution >= 4 is 17.3 Å². The van der Waals surface area contributed by atoms with E-state index < -0.39 is 5.97 Å². The van der Waals surface area contributed by atoms with Crippen molar-refractivity contribution < 1.29 is 9.90 Å². The van der Waals surface area contributed by atoms with Gasteiger partial charge in [-0.3, -0.25) is 0 Å². The lowest BCUT2D eigenvalue weighted by Crippen LogP contribution is -2.13. The predicted molar refractivity (Wildman–Crippen MR) is 56.6 cm³/mol. The van der Waals surface area contributed by atoms with Crippen LogP contribution in [0.1, 0.15) is 24.2 Å². The van der Waals surface area contributed by atoms with Crippen molar-refractivity contribution in [3.8, 4) is 0 Å². The first-order valence-corrected chi connectivity index (χ1v) is 4.40. The molecule has 0 aromatic heterocycles. The molecule has 0 spiro atoms. The van der Waals surface area contributed by atoms with Gasteiger partial charge in [0.25, 0.3) is 0 Å². The summed E-state index contributed by atoms with van der Waals surface area (Å²) in [5.74, 6) is -1.00. The van der Waals surface area contributed by atoms with Gasteiger partial charge in [-0.25, -0.2) is 4.79 Å². The first kappa shape index (κ1) is 10.4. The van der Waals surface area contributed by atoms with Crippen molar-refractivity contribution in [3.63, 3.8) is 0 Å². The van der Waals surface area contributed by atoms with E-state index in [2.05, 4.69) is 5.32 Å². The van der Waals surface area contributed by atoms with Gasteiger partial charge >= 0.3 is 5.97 Å². The van der Waals surface area contributed by atoms with Crippen molar-refractivity contribution in [1.82, 2.24) is 0 Å². The molecule has 0 aliphatic carbocycles. The molecular weight excluding hydrogens is 180 g/mol. The van der Waals surface area contributed by atoms with E-state index in [1.807, 2.05) is 13.8 Å². The van der Waals surface area contributed by atoms with Crippen LogP contribution >= 0.6 is 0 Å². The zero-order chi connectivity index (χ0) is 10.7. The Morgan fingerprint density at radius 3 is 2.64 bits per heavy atom. The molecule has 0 amide bonds. The Labute approximate surface area is 82.7 Å². The standard InChI is InChI=1S/C10H14N2O2/c1-6(2)12-8-5-3-4-7(9(8)11)10(13)14/h3-6,12H,11H2,1-2H3,(H,13,14). The van der Waals surface area contributed by atoms with E-state index in [9.17, 15) is 4.79 Å². The van der Waals surface area contributed by atoms with Crippen LogP contribution in [0, 0.1) is 0 Å². The van der Waals surface area contributed by atoms with Gasteiger partial charge in [0.1, 0.15) is 0 Å². The van der Waals surface area contributed by atoms with Gasteiger partial charge < -0.3 is 16.2 Å². The van der Waals surface area contributed by atoms with Crippen molar-refractivity contribution in [2.24, 2.45) is 0 Å². The maximum Gasteiger partial charge on any atom is 0.337 e. The number of carbonyl (C=O) groups is 1. The van der Waals surface area contributed by atoms with E-state index in [0.29, 0.717) is 5.69 Å². The van der Waals surface area contributed by atoms with Gasteiger partial charge in [0.2, 0.25) is 0 Å². The van der Waals surface area contributed by atoms with Crippen molar-refractivity contribution in [2.75, 3.05) is 11.1 Å². The minimum Gasteiger partial charge on any atom is -0.478 e. The smallest absolute Gasteiger partial charge is 0.337 e. The molecule has 0 heterocycles. The molecule has 0 radical (unpaired) electrons. The highest BCUT2D eigenvalue weighted by atomic mass is 16.4. The number of hydrogen-bond acceptors (Lipinski definition) is 3. The molecule has 0 saturated carbocycles. The number of hydrogen-bond donors (Lipinski definition) is 3. The van der Waals surface area contributed by atoms with E-state index >= 15 is 0 Å². The molecular formula is C10H14N2O2. The highest BCUT2D eigenvalue weighted by Crippen LogP contribution is 2.23. The molecule has 4 N–H and O–H groups in total. The van der Waals surface area contributed by atoms with Gasteiger partial charge in [-0.1, -0.05) is 6.07 Å². The van der Waals surface area contributed by atoms with E-state index in [1.165, 1.54) is 6.07 Å². The summed E-state index contributed by atoms with van der Waals surface area (Å²) in [6, 6.07) is 5.15. The number of para-hydroxylation sites is 1. The molecule has 14 heavy (non-hydrogen) atoms. The number of nitrogen functional groups attached to an aromatic ring is 1. The Bertz CT molecular complexity index is 348. The van der Waals surface area contributed by atoms with E-state index in [-0.39, 0.29) is 17.3 Å². The van der Waals surface area contributed by atoms with Gasteiger partial charge in [-0.15, -0.1) is 0 Å². The molecule has 1 aromatic rings. The number of carboxylic acids is 1. The third kappa shape index (κ3) is 2.16. The van der Waals surface area contributed by atoms with Gasteiger partial charge in [-0.05, 0) is 26.0 Å². The van der Waals surface area contributed by atoms with E-state index in [1.54, 1.807) is 12.1 Å². The molecule has 1 rings (SSSR count). The van der Waals surface area contributed by atoms with Crippen LogP contribution in [0.25, 0.3) is 0 Å². The predicted octanol–water partition coefficient (Wildman–Crippen LogP) is 1.79. The average molecular weight is 194 g/mol. The highest BCUT2D eigenvalue weighted by Gasteiger charge is 2.10.